The van der Waals surface area contributed by atoms with E-state index in [0.717, 1.165) is 27.8 Å². The molecule has 8 heteroatoms. The molecule has 1 atom stereocenters. The molecule has 1 N–H and O–H groups in total. The van der Waals surface area contributed by atoms with E-state index in [1.165, 1.54) is 30.6 Å². The van der Waals surface area contributed by atoms with Gasteiger partial charge in [0.1, 0.15) is 17.7 Å². The van der Waals surface area contributed by atoms with Crippen LogP contribution in [0.3, 0.4) is 0 Å². The summed E-state index contributed by atoms with van der Waals surface area (Å²) in [6, 6.07) is 16.0. The highest BCUT2D eigenvalue weighted by Gasteiger charge is 2.34. The van der Waals surface area contributed by atoms with Gasteiger partial charge in [-0.15, -0.1) is 5.10 Å². The lowest BCUT2D eigenvalue weighted by molar-refractivity contribution is -0.129. The first-order valence-electron chi connectivity index (χ1n) is 10.0. The first-order valence-corrected chi connectivity index (χ1v) is 10.9. The van der Waals surface area contributed by atoms with E-state index in [4.69, 9.17) is 4.74 Å². The number of aryl methyl sites for hydroxylation is 1. The molecular weight excluding hydrogens is 412 g/mol. The minimum Gasteiger partial charge on any atom is -0.491 e. The maximum atomic E-state index is 12.2. The van der Waals surface area contributed by atoms with Gasteiger partial charge in [0.05, 0.1) is 6.54 Å². The minimum absolute atomic E-state index is 0.183. The number of benzene rings is 2. The number of hydrazone groups is 1. The fraction of sp³-hybridized carbons (Fsp3) is 0.261. The van der Waals surface area contributed by atoms with Crippen LogP contribution >= 0.6 is 11.8 Å². The van der Waals surface area contributed by atoms with Crippen LogP contribution in [0.15, 0.2) is 59.8 Å². The summed E-state index contributed by atoms with van der Waals surface area (Å²) in [6.07, 6.45) is 2.05. The van der Waals surface area contributed by atoms with E-state index in [9.17, 15) is 9.59 Å². The molecule has 7 nitrogen and oxygen atoms in total. The molecule has 31 heavy (non-hydrogen) atoms. The molecular formula is C23H24N4O3S. The summed E-state index contributed by atoms with van der Waals surface area (Å²) >= 11 is 1.36. The molecule has 0 saturated carbocycles. The number of aromatic nitrogens is 1. The standard InChI is InChI=1S/C23H24N4O3S/c1-15-8-4-7-11-21(15)30-13-12-26-14-19(18-9-5-6-10-20(18)26)22-27(17(3)29)25-23(31-22)24-16(2)28/h4-11,14,22H,12-13H2,1-3H3,(H,24,25,28)/t22-/m1/s1. The van der Waals surface area contributed by atoms with E-state index in [1.807, 2.05) is 55.6 Å². The third-order valence-electron chi connectivity index (χ3n) is 5.02. The number of rotatable bonds is 5. The second-order valence-electron chi connectivity index (χ2n) is 7.33. The number of thioether (sulfide) groups is 1. The number of hydrogen-bond acceptors (Lipinski definition) is 5. The van der Waals surface area contributed by atoms with Gasteiger partial charge in [-0.05, 0) is 24.6 Å². The highest BCUT2D eigenvalue weighted by molar-refractivity contribution is 8.14. The maximum absolute atomic E-state index is 12.2. The molecule has 0 saturated heterocycles. The summed E-state index contributed by atoms with van der Waals surface area (Å²) in [7, 11) is 0. The largest absolute Gasteiger partial charge is 0.491 e. The number of amidine groups is 1. The van der Waals surface area contributed by atoms with Crippen molar-refractivity contribution in [2.24, 2.45) is 5.10 Å². The Balaban J connectivity index is 1.60. The SMILES string of the molecule is CC(=O)NC1=NN(C(C)=O)[C@@H](c2cn(CCOc3ccccc3C)c3ccccc23)S1. The van der Waals surface area contributed by atoms with Crippen molar-refractivity contribution in [1.29, 1.82) is 0 Å². The van der Waals surface area contributed by atoms with Crippen LogP contribution in [-0.2, 0) is 16.1 Å². The maximum Gasteiger partial charge on any atom is 0.241 e. The van der Waals surface area contributed by atoms with E-state index < -0.39 is 0 Å². The fourth-order valence-electron chi connectivity index (χ4n) is 3.59. The molecule has 1 aromatic heterocycles. The van der Waals surface area contributed by atoms with Crippen molar-refractivity contribution < 1.29 is 14.3 Å². The van der Waals surface area contributed by atoms with Crippen LogP contribution in [0.25, 0.3) is 10.9 Å². The third-order valence-corrected chi connectivity index (χ3v) is 6.10. The zero-order chi connectivity index (χ0) is 22.0. The van der Waals surface area contributed by atoms with Gasteiger partial charge in [0, 0.05) is 36.5 Å². The third kappa shape index (κ3) is 4.44. The summed E-state index contributed by atoms with van der Waals surface area (Å²) in [4.78, 5) is 23.7. The Morgan fingerprint density at radius 1 is 1.13 bits per heavy atom. The zero-order valence-corrected chi connectivity index (χ0v) is 18.5. The molecule has 0 aliphatic carbocycles. The highest BCUT2D eigenvalue weighted by Crippen LogP contribution is 2.42. The molecule has 0 unspecified atom stereocenters. The second-order valence-corrected chi connectivity index (χ2v) is 8.40. The van der Waals surface area contributed by atoms with E-state index in [1.54, 1.807) is 0 Å². The lowest BCUT2D eigenvalue weighted by atomic mass is 10.1. The van der Waals surface area contributed by atoms with Gasteiger partial charge in [-0.3, -0.25) is 9.59 Å². The Morgan fingerprint density at radius 3 is 2.61 bits per heavy atom. The van der Waals surface area contributed by atoms with Crippen LogP contribution in [0.2, 0.25) is 0 Å². The summed E-state index contributed by atoms with van der Waals surface area (Å²) in [5.74, 6) is 0.477. The first kappa shape index (κ1) is 21.0. The number of carbonyl (C=O) groups excluding carboxylic acids is 2. The van der Waals surface area contributed by atoms with E-state index in [-0.39, 0.29) is 17.2 Å². The molecule has 2 aromatic carbocycles. The van der Waals surface area contributed by atoms with E-state index >= 15 is 0 Å². The number of amides is 2. The quantitative estimate of drug-likeness (QED) is 0.655. The molecule has 4 rings (SSSR count). The average molecular weight is 437 g/mol. The van der Waals surface area contributed by atoms with Gasteiger partial charge in [0.15, 0.2) is 5.17 Å². The minimum atomic E-state index is -0.345. The molecule has 0 bridgehead atoms. The number of nitrogens with zero attached hydrogens (tertiary/aromatic N) is 3. The topological polar surface area (TPSA) is 75.9 Å². The van der Waals surface area contributed by atoms with Crippen molar-refractivity contribution in [3.8, 4) is 5.75 Å². The predicted molar refractivity (Wildman–Crippen MR) is 123 cm³/mol. The Hall–Kier alpha value is -3.26. The summed E-state index contributed by atoms with van der Waals surface area (Å²) in [6.45, 7) is 6.10. The number of para-hydroxylation sites is 2. The Morgan fingerprint density at radius 2 is 1.87 bits per heavy atom. The summed E-state index contributed by atoms with van der Waals surface area (Å²) in [5.41, 5.74) is 3.13. The second kappa shape index (κ2) is 8.85. The lowest BCUT2D eigenvalue weighted by Crippen LogP contribution is -2.25. The van der Waals surface area contributed by atoms with Gasteiger partial charge in [-0.1, -0.05) is 48.2 Å². The van der Waals surface area contributed by atoms with Crippen molar-refractivity contribution in [1.82, 2.24) is 14.9 Å². The molecule has 160 valence electrons. The number of fused-ring (bicyclic) bond motifs is 1. The van der Waals surface area contributed by atoms with Crippen LogP contribution in [0.5, 0.6) is 5.75 Å². The highest BCUT2D eigenvalue weighted by atomic mass is 32.2. The van der Waals surface area contributed by atoms with Crippen molar-refractivity contribution >= 4 is 39.6 Å². The predicted octanol–water partition coefficient (Wildman–Crippen LogP) is 4.03. The molecule has 2 heterocycles. The summed E-state index contributed by atoms with van der Waals surface area (Å²) < 4.78 is 8.12. The normalized spacial score (nSPS) is 15.8. The van der Waals surface area contributed by atoms with Crippen LogP contribution in [0.1, 0.15) is 30.3 Å². The average Bonchev–Trinajstić information content (AvgIpc) is 3.31. The van der Waals surface area contributed by atoms with Gasteiger partial charge in [-0.2, -0.15) is 0 Å². The Labute approximate surface area is 185 Å². The van der Waals surface area contributed by atoms with Gasteiger partial charge in [-0.25, -0.2) is 5.01 Å². The van der Waals surface area contributed by atoms with Gasteiger partial charge < -0.3 is 14.6 Å². The van der Waals surface area contributed by atoms with Crippen LogP contribution in [0.4, 0.5) is 0 Å². The Bertz CT molecular complexity index is 1170. The molecule has 0 fully saturated rings. The zero-order valence-electron chi connectivity index (χ0n) is 17.7. The molecule has 3 aromatic rings. The summed E-state index contributed by atoms with van der Waals surface area (Å²) in [5, 5.41) is 9.55. The van der Waals surface area contributed by atoms with Gasteiger partial charge in [0.25, 0.3) is 0 Å². The van der Waals surface area contributed by atoms with E-state index in [2.05, 4.69) is 21.1 Å². The van der Waals surface area contributed by atoms with Crippen LogP contribution < -0.4 is 10.1 Å². The number of ether oxygens (including phenoxy) is 1. The van der Waals surface area contributed by atoms with Gasteiger partial charge in [0.2, 0.25) is 11.8 Å². The smallest absolute Gasteiger partial charge is 0.241 e. The number of hydrogen-bond donors (Lipinski definition) is 1. The van der Waals surface area contributed by atoms with E-state index in [0.29, 0.717) is 18.3 Å². The van der Waals surface area contributed by atoms with Crippen LogP contribution in [-0.4, -0.2) is 33.2 Å². The van der Waals surface area contributed by atoms with Crippen molar-refractivity contribution in [3.63, 3.8) is 0 Å². The molecule has 0 radical (unpaired) electrons. The Kier molecular flexibility index (Phi) is 5.99. The van der Waals surface area contributed by atoms with Gasteiger partial charge >= 0.3 is 0 Å². The van der Waals surface area contributed by atoms with Crippen molar-refractivity contribution in [2.45, 2.75) is 32.7 Å². The molecule has 2 amide bonds. The fourth-order valence-corrected chi connectivity index (χ4v) is 4.75. The monoisotopic (exact) mass is 436 g/mol. The molecule has 0 spiro atoms. The first-order chi connectivity index (χ1) is 14.9. The number of carbonyl (C=O) groups is 2. The lowest BCUT2D eigenvalue weighted by Gasteiger charge is -2.18. The number of nitrogens with one attached hydrogen (secondary N) is 1. The van der Waals surface area contributed by atoms with Crippen molar-refractivity contribution in [2.75, 3.05) is 6.61 Å². The van der Waals surface area contributed by atoms with Crippen LogP contribution in [0, 0.1) is 6.92 Å². The molecule has 1 aliphatic heterocycles. The molecule has 1 aliphatic rings. The van der Waals surface area contributed by atoms with Crippen molar-refractivity contribution in [3.05, 3.63) is 65.9 Å².